The molecule has 0 aliphatic rings. The van der Waals surface area contributed by atoms with Gasteiger partial charge in [0.15, 0.2) is 0 Å². The molecule has 0 saturated heterocycles. The fraction of sp³-hybridized carbons (Fsp3) is 0.625. The SMILES string of the molecule is CCCCn1cc[n+](C)c1.[Cl-].[Fe+3].[O-2]. The number of aryl methyl sites for hydroxylation is 2. The summed E-state index contributed by atoms with van der Waals surface area (Å²) in [5.41, 5.74) is 0. The number of nitrogens with zero attached hydrogens (tertiary/aromatic N) is 2. The first-order chi connectivity index (χ1) is 4.83. The van der Waals surface area contributed by atoms with Gasteiger partial charge in [0.1, 0.15) is 12.4 Å². The molecule has 13 heavy (non-hydrogen) atoms. The Hall–Kier alpha value is -0.0205. The normalized spacial score (nSPS) is 7.85. The molecule has 0 saturated carbocycles. The number of imidazole rings is 1. The molecule has 77 valence electrons. The molecule has 0 aliphatic heterocycles. The molecular formula is C8H15ClFeN2O+. The molecule has 0 aliphatic carbocycles. The number of aromatic nitrogens is 2. The van der Waals surface area contributed by atoms with Gasteiger partial charge in [0, 0.05) is 0 Å². The van der Waals surface area contributed by atoms with Gasteiger partial charge in [-0.25, -0.2) is 9.13 Å². The van der Waals surface area contributed by atoms with Crippen LogP contribution in [0.3, 0.4) is 0 Å². The monoisotopic (exact) mass is 246 g/mol. The van der Waals surface area contributed by atoms with E-state index in [0.29, 0.717) is 0 Å². The Bertz CT molecular complexity index is 206. The van der Waals surface area contributed by atoms with Gasteiger partial charge in [0.25, 0.3) is 0 Å². The van der Waals surface area contributed by atoms with Gasteiger partial charge in [-0.3, -0.25) is 0 Å². The summed E-state index contributed by atoms with van der Waals surface area (Å²) in [6.45, 7) is 3.36. The van der Waals surface area contributed by atoms with E-state index in [1.54, 1.807) is 0 Å². The molecule has 5 heteroatoms. The van der Waals surface area contributed by atoms with Crippen LogP contribution in [0.4, 0.5) is 0 Å². The Labute approximate surface area is 96.3 Å². The van der Waals surface area contributed by atoms with E-state index in [4.69, 9.17) is 0 Å². The van der Waals surface area contributed by atoms with Gasteiger partial charge in [-0.2, -0.15) is 0 Å². The van der Waals surface area contributed by atoms with Crippen LogP contribution in [0.1, 0.15) is 19.8 Å². The molecule has 0 bridgehead atoms. The van der Waals surface area contributed by atoms with Crippen molar-refractivity contribution in [2.45, 2.75) is 26.3 Å². The first kappa shape index (κ1) is 18.7. The van der Waals surface area contributed by atoms with Crippen molar-refractivity contribution in [1.29, 1.82) is 0 Å². The second-order valence-electron chi connectivity index (χ2n) is 2.67. The predicted octanol–water partition coefficient (Wildman–Crippen LogP) is -2.00. The van der Waals surface area contributed by atoms with Gasteiger partial charge in [-0.05, 0) is 6.42 Å². The van der Waals surface area contributed by atoms with E-state index in [1.165, 1.54) is 12.8 Å². The zero-order valence-corrected chi connectivity index (χ0v) is 9.75. The van der Waals surface area contributed by atoms with E-state index >= 15 is 0 Å². The minimum atomic E-state index is 0. The van der Waals surface area contributed by atoms with E-state index < -0.39 is 0 Å². The molecule has 1 aromatic rings. The number of rotatable bonds is 3. The van der Waals surface area contributed by atoms with Crippen molar-refractivity contribution < 1.29 is 39.5 Å². The Morgan fingerprint density at radius 3 is 2.38 bits per heavy atom. The maximum atomic E-state index is 2.21. The minimum Gasteiger partial charge on any atom is -2.00 e. The van der Waals surface area contributed by atoms with E-state index in [0.717, 1.165) is 6.54 Å². The van der Waals surface area contributed by atoms with Crippen LogP contribution in [0, 0.1) is 0 Å². The van der Waals surface area contributed by atoms with Crippen molar-refractivity contribution in [3.8, 4) is 0 Å². The molecule has 0 amide bonds. The fourth-order valence-corrected chi connectivity index (χ4v) is 0.975. The van der Waals surface area contributed by atoms with Crippen LogP contribution in [0.25, 0.3) is 0 Å². The second-order valence-corrected chi connectivity index (χ2v) is 2.67. The summed E-state index contributed by atoms with van der Waals surface area (Å²) in [4.78, 5) is 0. The molecule has 0 spiro atoms. The van der Waals surface area contributed by atoms with E-state index in [9.17, 15) is 0 Å². The molecule has 1 radical (unpaired) electrons. The van der Waals surface area contributed by atoms with Gasteiger partial charge in [0.2, 0.25) is 6.33 Å². The van der Waals surface area contributed by atoms with Gasteiger partial charge in [-0.15, -0.1) is 0 Å². The number of halogens is 1. The van der Waals surface area contributed by atoms with Crippen molar-refractivity contribution in [3.05, 3.63) is 18.7 Å². The van der Waals surface area contributed by atoms with Crippen molar-refractivity contribution in [2.24, 2.45) is 7.05 Å². The Morgan fingerprint density at radius 1 is 1.38 bits per heavy atom. The van der Waals surface area contributed by atoms with Crippen LogP contribution in [0.2, 0.25) is 0 Å². The van der Waals surface area contributed by atoms with Crippen molar-refractivity contribution in [3.63, 3.8) is 0 Å². The first-order valence-corrected chi connectivity index (χ1v) is 3.84. The molecule has 3 nitrogen and oxygen atoms in total. The summed E-state index contributed by atoms with van der Waals surface area (Å²) in [5.74, 6) is 0. The summed E-state index contributed by atoms with van der Waals surface area (Å²) in [7, 11) is 2.04. The maximum absolute atomic E-state index is 2.21. The average molecular weight is 247 g/mol. The van der Waals surface area contributed by atoms with Crippen molar-refractivity contribution in [2.75, 3.05) is 0 Å². The molecule has 1 heterocycles. The number of hydrogen-bond acceptors (Lipinski definition) is 0. The zero-order valence-electron chi connectivity index (χ0n) is 7.89. The zero-order chi connectivity index (χ0) is 7.40. The topological polar surface area (TPSA) is 37.3 Å². The summed E-state index contributed by atoms with van der Waals surface area (Å²) >= 11 is 0. The third-order valence-corrected chi connectivity index (χ3v) is 1.59. The van der Waals surface area contributed by atoms with Crippen LogP contribution in [-0.4, -0.2) is 4.57 Å². The third-order valence-electron chi connectivity index (χ3n) is 1.59. The average Bonchev–Trinajstić information content (AvgIpc) is 2.31. The van der Waals surface area contributed by atoms with Crippen LogP contribution >= 0.6 is 0 Å². The van der Waals surface area contributed by atoms with Crippen molar-refractivity contribution >= 4 is 0 Å². The van der Waals surface area contributed by atoms with E-state index in [-0.39, 0.29) is 35.0 Å². The standard InChI is InChI=1S/C8H15N2.ClH.Fe.O/c1-3-4-5-10-7-6-9(2)8-10;;;/h6-8H,3-5H2,1-2H3;1H;;/q+1;;+3;-2/p-1. The molecule has 1 rings (SSSR count). The third kappa shape index (κ3) is 7.08. The van der Waals surface area contributed by atoms with Gasteiger partial charge in [0.05, 0.1) is 13.6 Å². The van der Waals surface area contributed by atoms with Crippen molar-refractivity contribution in [1.82, 2.24) is 4.57 Å². The summed E-state index contributed by atoms with van der Waals surface area (Å²) in [5, 5.41) is 0. The van der Waals surface area contributed by atoms with Crippen LogP contribution in [-0.2, 0) is 36.1 Å². The van der Waals surface area contributed by atoms with Crippen LogP contribution < -0.4 is 17.0 Å². The summed E-state index contributed by atoms with van der Waals surface area (Å²) < 4.78 is 4.28. The largest absolute Gasteiger partial charge is 3.00 e. The summed E-state index contributed by atoms with van der Waals surface area (Å²) in [6.07, 6.45) is 8.82. The predicted molar refractivity (Wildman–Crippen MR) is 41.2 cm³/mol. The first-order valence-electron chi connectivity index (χ1n) is 3.84. The molecule has 0 atom stereocenters. The van der Waals surface area contributed by atoms with Crippen LogP contribution in [0.15, 0.2) is 18.7 Å². The smallest absolute Gasteiger partial charge is 2.00 e. The van der Waals surface area contributed by atoms with Crippen LogP contribution in [0.5, 0.6) is 0 Å². The molecule has 0 N–H and O–H groups in total. The molecular weight excluding hydrogens is 231 g/mol. The Morgan fingerprint density at radius 2 is 2.00 bits per heavy atom. The van der Waals surface area contributed by atoms with E-state index in [2.05, 4.69) is 34.8 Å². The van der Waals surface area contributed by atoms with Gasteiger partial charge in [-0.1, -0.05) is 13.3 Å². The maximum Gasteiger partial charge on any atom is 3.00 e. The van der Waals surface area contributed by atoms with Gasteiger partial charge >= 0.3 is 17.1 Å². The quantitative estimate of drug-likeness (QED) is 0.437. The van der Waals surface area contributed by atoms with Gasteiger partial charge < -0.3 is 17.9 Å². The summed E-state index contributed by atoms with van der Waals surface area (Å²) in [6, 6.07) is 0. The molecule has 1 aromatic heterocycles. The molecule has 0 unspecified atom stereocenters. The molecule has 0 aromatic carbocycles. The second kappa shape index (κ2) is 10.1. The minimum absolute atomic E-state index is 0. The Balaban J connectivity index is -0.000000333. The number of unbranched alkanes of at least 4 members (excludes halogenated alkanes) is 1. The Kier molecular flexibility index (Phi) is 14.5. The molecule has 0 fully saturated rings. The van der Waals surface area contributed by atoms with E-state index in [1.807, 2.05) is 7.05 Å². The fourth-order valence-electron chi connectivity index (χ4n) is 0.975. The number of hydrogen-bond donors (Lipinski definition) is 0.